The van der Waals surface area contributed by atoms with E-state index in [0.717, 1.165) is 35.2 Å². The molecule has 0 radical (unpaired) electrons. The summed E-state index contributed by atoms with van der Waals surface area (Å²) in [6.45, 7) is 5.05. The van der Waals surface area contributed by atoms with Crippen LogP contribution in [0.1, 0.15) is 33.2 Å². The van der Waals surface area contributed by atoms with Crippen molar-refractivity contribution in [2.24, 2.45) is 0 Å². The van der Waals surface area contributed by atoms with Crippen molar-refractivity contribution in [3.05, 3.63) is 113 Å². The Morgan fingerprint density at radius 3 is 1.97 bits per heavy atom. The molecule has 160 valence electrons. The summed E-state index contributed by atoms with van der Waals surface area (Å²) in [4.78, 5) is 22.5. The smallest absolute Gasteiger partial charge is 0.254 e. The van der Waals surface area contributed by atoms with E-state index >= 15 is 0 Å². The van der Waals surface area contributed by atoms with Gasteiger partial charge in [-0.05, 0) is 30.2 Å². The first-order valence-electron chi connectivity index (χ1n) is 11.2. The summed E-state index contributed by atoms with van der Waals surface area (Å²) in [5, 5.41) is 0.928. The van der Waals surface area contributed by atoms with Crippen molar-refractivity contribution < 1.29 is 4.79 Å². The Kier molecular flexibility index (Phi) is 5.70. The number of pyridine rings is 1. The summed E-state index contributed by atoms with van der Waals surface area (Å²) < 4.78 is 0. The van der Waals surface area contributed by atoms with Crippen LogP contribution in [0.25, 0.3) is 10.9 Å². The minimum absolute atomic E-state index is 0.0994. The number of aromatic nitrogens is 1. The highest BCUT2D eigenvalue weighted by Crippen LogP contribution is 2.30. The molecular formula is C28H27N3O. The zero-order valence-electron chi connectivity index (χ0n) is 18.3. The number of hydrogen-bond acceptors (Lipinski definition) is 3. The van der Waals surface area contributed by atoms with Gasteiger partial charge in [0.1, 0.15) is 0 Å². The molecule has 4 aromatic rings. The molecule has 0 N–H and O–H groups in total. The van der Waals surface area contributed by atoms with Crippen molar-refractivity contribution in [1.29, 1.82) is 0 Å². The average molecular weight is 422 g/mol. The molecule has 0 aliphatic carbocycles. The van der Waals surface area contributed by atoms with Gasteiger partial charge >= 0.3 is 0 Å². The monoisotopic (exact) mass is 421 g/mol. The van der Waals surface area contributed by atoms with E-state index in [9.17, 15) is 4.79 Å². The molecule has 32 heavy (non-hydrogen) atoms. The fourth-order valence-electron chi connectivity index (χ4n) is 4.72. The summed E-state index contributed by atoms with van der Waals surface area (Å²) in [6.07, 6.45) is 0. The third-order valence-corrected chi connectivity index (χ3v) is 6.27. The molecule has 4 heteroatoms. The number of fused-ring (bicyclic) bond motifs is 1. The number of para-hydroxylation sites is 1. The van der Waals surface area contributed by atoms with Gasteiger partial charge in [-0.1, -0.05) is 78.9 Å². The first-order valence-corrected chi connectivity index (χ1v) is 11.2. The van der Waals surface area contributed by atoms with Gasteiger partial charge in [-0.25, -0.2) is 0 Å². The predicted octanol–water partition coefficient (Wildman–Crippen LogP) is 5.09. The molecule has 2 heterocycles. The maximum atomic E-state index is 13.5. The molecule has 1 aliphatic heterocycles. The second-order valence-electron chi connectivity index (χ2n) is 8.38. The van der Waals surface area contributed by atoms with Gasteiger partial charge in [-0.15, -0.1) is 0 Å². The van der Waals surface area contributed by atoms with Crippen molar-refractivity contribution in [2.75, 3.05) is 26.2 Å². The SMILES string of the molecule is Cc1cc(C(=O)N2CCN(C(c3ccccc3)c3ccccc3)CC2)c2ccccc2n1. The number of hydrogen-bond donors (Lipinski definition) is 0. The van der Waals surface area contributed by atoms with E-state index in [1.807, 2.05) is 42.2 Å². The van der Waals surface area contributed by atoms with E-state index in [4.69, 9.17) is 0 Å². The summed E-state index contributed by atoms with van der Waals surface area (Å²) in [5.74, 6) is 0.0994. The Morgan fingerprint density at radius 1 is 0.781 bits per heavy atom. The fourth-order valence-corrected chi connectivity index (χ4v) is 4.72. The van der Waals surface area contributed by atoms with Crippen LogP contribution in [0.5, 0.6) is 0 Å². The quantitative estimate of drug-likeness (QED) is 0.460. The lowest BCUT2D eigenvalue weighted by Crippen LogP contribution is -2.49. The topological polar surface area (TPSA) is 36.4 Å². The van der Waals surface area contributed by atoms with E-state index in [2.05, 4.69) is 70.5 Å². The number of carbonyl (C=O) groups is 1. The lowest BCUT2D eigenvalue weighted by molar-refractivity contribution is 0.0599. The van der Waals surface area contributed by atoms with Crippen molar-refractivity contribution >= 4 is 16.8 Å². The van der Waals surface area contributed by atoms with Crippen LogP contribution in [0.3, 0.4) is 0 Å². The number of aryl methyl sites for hydroxylation is 1. The van der Waals surface area contributed by atoms with Crippen molar-refractivity contribution in [3.63, 3.8) is 0 Å². The molecule has 1 saturated heterocycles. The van der Waals surface area contributed by atoms with Crippen LogP contribution in [0.2, 0.25) is 0 Å². The average Bonchev–Trinajstić information content (AvgIpc) is 2.85. The van der Waals surface area contributed by atoms with Crippen molar-refractivity contribution in [3.8, 4) is 0 Å². The van der Waals surface area contributed by atoms with Crippen LogP contribution in [-0.2, 0) is 0 Å². The first kappa shape index (κ1) is 20.4. The molecule has 1 aliphatic rings. The molecule has 1 amide bonds. The Labute approximate surface area is 189 Å². The van der Waals surface area contributed by atoms with Crippen LogP contribution in [-0.4, -0.2) is 46.9 Å². The summed E-state index contributed by atoms with van der Waals surface area (Å²) in [6, 6.07) is 31.3. The normalized spacial score (nSPS) is 14.8. The number of rotatable bonds is 4. The standard InChI is InChI=1S/C28H27N3O/c1-21-20-25(24-14-8-9-15-26(24)29-21)28(32)31-18-16-30(17-19-31)27(22-10-4-2-5-11-22)23-12-6-3-7-13-23/h2-15,20,27H,16-19H2,1H3. The van der Waals surface area contributed by atoms with Crippen LogP contribution in [0, 0.1) is 6.92 Å². The van der Waals surface area contributed by atoms with Gasteiger partial charge in [0.2, 0.25) is 0 Å². The third-order valence-electron chi connectivity index (χ3n) is 6.27. The zero-order chi connectivity index (χ0) is 21.9. The molecular weight excluding hydrogens is 394 g/mol. The lowest BCUT2D eigenvalue weighted by atomic mass is 9.96. The Balaban J connectivity index is 1.38. The highest BCUT2D eigenvalue weighted by atomic mass is 16.2. The van der Waals surface area contributed by atoms with Gasteiger partial charge in [0.05, 0.1) is 17.1 Å². The minimum Gasteiger partial charge on any atom is -0.336 e. The maximum Gasteiger partial charge on any atom is 0.254 e. The first-order chi connectivity index (χ1) is 15.7. The minimum atomic E-state index is 0.0994. The summed E-state index contributed by atoms with van der Waals surface area (Å²) >= 11 is 0. The van der Waals surface area contributed by atoms with Gasteiger partial charge in [-0.3, -0.25) is 14.7 Å². The molecule has 3 aromatic carbocycles. The fraction of sp³-hybridized carbons (Fsp3) is 0.214. The van der Waals surface area contributed by atoms with E-state index in [-0.39, 0.29) is 11.9 Å². The number of piperazine rings is 1. The molecule has 1 aromatic heterocycles. The van der Waals surface area contributed by atoms with Crippen LogP contribution < -0.4 is 0 Å². The number of benzene rings is 3. The molecule has 1 fully saturated rings. The van der Waals surface area contributed by atoms with E-state index in [1.165, 1.54) is 11.1 Å². The summed E-state index contributed by atoms with van der Waals surface area (Å²) in [5.41, 5.74) is 5.08. The number of carbonyl (C=O) groups excluding carboxylic acids is 1. The Morgan fingerprint density at radius 2 is 1.34 bits per heavy atom. The van der Waals surface area contributed by atoms with Crippen molar-refractivity contribution in [1.82, 2.24) is 14.8 Å². The molecule has 0 unspecified atom stereocenters. The van der Waals surface area contributed by atoms with Gasteiger partial charge in [0, 0.05) is 37.3 Å². The Bertz CT molecular complexity index is 1180. The van der Waals surface area contributed by atoms with Crippen molar-refractivity contribution in [2.45, 2.75) is 13.0 Å². The van der Waals surface area contributed by atoms with Gasteiger partial charge in [0.25, 0.3) is 5.91 Å². The molecule has 4 nitrogen and oxygen atoms in total. The molecule has 5 rings (SSSR count). The van der Waals surface area contributed by atoms with E-state index in [0.29, 0.717) is 13.1 Å². The maximum absolute atomic E-state index is 13.5. The van der Waals surface area contributed by atoms with E-state index in [1.54, 1.807) is 0 Å². The molecule has 0 atom stereocenters. The molecule has 0 bridgehead atoms. The molecule has 0 spiro atoms. The zero-order valence-corrected chi connectivity index (χ0v) is 18.3. The third kappa shape index (κ3) is 4.02. The second kappa shape index (κ2) is 8.93. The van der Waals surface area contributed by atoms with E-state index < -0.39 is 0 Å². The highest BCUT2D eigenvalue weighted by Gasteiger charge is 2.29. The molecule has 0 saturated carbocycles. The Hall–Kier alpha value is -3.50. The largest absolute Gasteiger partial charge is 0.336 e. The predicted molar refractivity (Wildman–Crippen MR) is 129 cm³/mol. The van der Waals surface area contributed by atoms with Gasteiger partial charge in [0.15, 0.2) is 0 Å². The lowest BCUT2D eigenvalue weighted by Gasteiger charge is -2.40. The number of nitrogens with zero attached hydrogens (tertiary/aromatic N) is 3. The van der Waals surface area contributed by atoms with Crippen LogP contribution >= 0.6 is 0 Å². The highest BCUT2D eigenvalue weighted by molar-refractivity contribution is 6.06. The van der Waals surface area contributed by atoms with Crippen LogP contribution in [0.15, 0.2) is 91.0 Å². The van der Waals surface area contributed by atoms with Crippen LogP contribution in [0.4, 0.5) is 0 Å². The number of amides is 1. The van der Waals surface area contributed by atoms with Gasteiger partial charge in [-0.2, -0.15) is 0 Å². The second-order valence-corrected chi connectivity index (χ2v) is 8.38. The van der Waals surface area contributed by atoms with Gasteiger partial charge < -0.3 is 4.90 Å². The summed E-state index contributed by atoms with van der Waals surface area (Å²) in [7, 11) is 0.